The molecule has 1 heterocycles. The lowest BCUT2D eigenvalue weighted by molar-refractivity contribution is -0.116. The molecule has 0 radical (unpaired) electrons. The Kier molecular flexibility index (Phi) is 2.41. The Morgan fingerprint density at radius 3 is 2.91 bits per heavy atom. The van der Waals surface area contributed by atoms with E-state index in [-0.39, 0.29) is 5.78 Å². The third-order valence-corrected chi connectivity index (χ3v) is 1.48. The average molecular weight is 152 g/mol. The fourth-order valence-electron chi connectivity index (χ4n) is 0.926. The second kappa shape index (κ2) is 3.32. The Morgan fingerprint density at radius 1 is 1.73 bits per heavy atom. The molecule has 0 unspecified atom stereocenters. The van der Waals surface area contributed by atoms with E-state index in [2.05, 4.69) is 4.98 Å². The molecular weight excluding hydrogens is 140 g/mol. The Hall–Kier alpha value is -1.12. The Morgan fingerprint density at radius 2 is 2.45 bits per heavy atom. The van der Waals surface area contributed by atoms with Crippen molar-refractivity contribution in [1.82, 2.24) is 9.55 Å². The molecule has 0 bridgehead atoms. The van der Waals surface area contributed by atoms with Crippen molar-refractivity contribution >= 4 is 5.78 Å². The van der Waals surface area contributed by atoms with Crippen LogP contribution in [-0.2, 0) is 17.8 Å². The zero-order valence-electron chi connectivity index (χ0n) is 6.87. The molecule has 11 heavy (non-hydrogen) atoms. The highest BCUT2D eigenvalue weighted by Gasteiger charge is 1.99. The average Bonchev–Trinajstić information content (AvgIpc) is 2.34. The van der Waals surface area contributed by atoms with Gasteiger partial charge < -0.3 is 4.57 Å². The van der Waals surface area contributed by atoms with E-state index in [0.717, 1.165) is 12.2 Å². The number of Topliss-reactive ketones (excluding diaryl/α,β-unsaturated/α-hetero) is 1. The molecule has 1 aromatic heterocycles. The number of aryl methyl sites for hydroxylation is 1. The second-order valence-corrected chi connectivity index (χ2v) is 2.57. The number of carbonyl (C=O) groups is 1. The molecule has 0 aromatic carbocycles. The monoisotopic (exact) mass is 152 g/mol. The van der Waals surface area contributed by atoms with E-state index in [1.54, 1.807) is 13.3 Å². The molecule has 0 aliphatic heterocycles. The normalized spacial score (nSPS) is 10.0. The quantitative estimate of drug-likeness (QED) is 0.648. The van der Waals surface area contributed by atoms with Crippen molar-refractivity contribution in [1.29, 1.82) is 0 Å². The van der Waals surface area contributed by atoms with Gasteiger partial charge in [-0.05, 0) is 13.8 Å². The Balaban J connectivity index is 2.65. The van der Waals surface area contributed by atoms with Crippen molar-refractivity contribution in [2.45, 2.75) is 26.8 Å². The molecule has 0 amide bonds. The Labute approximate surface area is 66.1 Å². The first-order valence-electron chi connectivity index (χ1n) is 3.72. The first-order valence-corrected chi connectivity index (χ1v) is 3.72. The number of hydrogen-bond donors (Lipinski definition) is 0. The highest BCUT2D eigenvalue weighted by Crippen LogP contribution is 1.97. The van der Waals surface area contributed by atoms with Gasteiger partial charge in [0.2, 0.25) is 0 Å². The van der Waals surface area contributed by atoms with Gasteiger partial charge in [0.1, 0.15) is 5.78 Å². The summed E-state index contributed by atoms with van der Waals surface area (Å²) in [5.41, 5.74) is 0.861. The lowest BCUT2D eigenvalue weighted by Gasteiger charge is -1.90. The molecule has 0 aliphatic rings. The van der Waals surface area contributed by atoms with Crippen LogP contribution in [0.25, 0.3) is 0 Å². The van der Waals surface area contributed by atoms with Gasteiger partial charge in [-0.3, -0.25) is 4.79 Å². The summed E-state index contributed by atoms with van der Waals surface area (Å²) in [6.07, 6.45) is 4.10. The van der Waals surface area contributed by atoms with Crippen LogP contribution in [0.15, 0.2) is 12.5 Å². The van der Waals surface area contributed by atoms with Gasteiger partial charge in [0.05, 0.1) is 12.0 Å². The van der Waals surface area contributed by atoms with E-state index in [4.69, 9.17) is 0 Å². The summed E-state index contributed by atoms with van der Waals surface area (Å²) in [5.74, 6) is 0.159. The summed E-state index contributed by atoms with van der Waals surface area (Å²) >= 11 is 0. The molecule has 0 spiro atoms. The van der Waals surface area contributed by atoms with Crippen molar-refractivity contribution in [3.63, 3.8) is 0 Å². The highest BCUT2D eigenvalue weighted by atomic mass is 16.1. The lowest BCUT2D eigenvalue weighted by atomic mass is 10.2. The van der Waals surface area contributed by atoms with Crippen molar-refractivity contribution < 1.29 is 4.79 Å². The van der Waals surface area contributed by atoms with Gasteiger partial charge in [-0.2, -0.15) is 0 Å². The van der Waals surface area contributed by atoms with Crippen LogP contribution in [0, 0.1) is 0 Å². The van der Waals surface area contributed by atoms with E-state index < -0.39 is 0 Å². The number of rotatable bonds is 3. The zero-order valence-corrected chi connectivity index (χ0v) is 6.87. The van der Waals surface area contributed by atoms with Crippen LogP contribution >= 0.6 is 0 Å². The molecular formula is C8H12N2O. The van der Waals surface area contributed by atoms with Gasteiger partial charge in [0.15, 0.2) is 0 Å². The maximum atomic E-state index is 10.7. The minimum Gasteiger partial charge on any atom is -0.337 e. The highest BCUT2D eigenvalue weighted by molar-refractivity contribution is 5.77. The summed E-state index contributed by atoms with van der Waals surface area (Å²) < 4.78 is 1.96. The van der Waals surface area contributed by atoms with Crippen molar-refractivity contribution in [2.75, 3.05) is 0 Å². The molecule has 60 valence electrons. The van der Waals surface area contributed by atoms with Gasteiger partial charge in [0, 0.05) is 19.2 Å². The van der Waals surface area contributed by atoms with E-state index >= 15 is 0 Å². The summed E-state index contributed by atoms with van der Waals surface area (Å²) in [6, 6.07) is 0. The molecule has 3 heteroatoms. The molecule has 0 aliphatic carbocycles. The number of carbonyl (C=O) groups excluding carboxylic acids is 1. The predicted octanol–water partition coefficient (Wildman–Crippen LogP) is 1.03. The van der Waals surface area contributed by atoms with Crippen LogP contribution in [0.1, 0.15) is 19.5 Å². The Bertz CT molecular complexity index is 252. The number of hydrogen-bond acceptors (Lipinski definition) is 2. The molecule has 0 atom stereocenters. The van der Waals surface area contributed by atoms with E-state index in [1.807, 2.05) is 17.7 Å². The molecule has 0 saturated carbocycles. The molecule has 1 rings (SSSR count). The van der Waals surface area contributed by atoms with Crippen LogP contribution in [0.5, 0.6) is 0 Å². The van der Waals surface area contributed by atoms with Gasteiger partial charge in [-0.15, -0.1) is 0 Å². The molecule has 0 saturated heterocycles. The van der Waals surface area contributed by atoms with Gasteiger partial charge >= 0.3 is 0 Å². The minimum atomic E-state index is 0.159. The molecule has 1 aromatic rings. The predicted molar refractivity (Wildman–Crippen MR) is 42.3 cm³/mol. The maximum absolute atomic E-state index is 10.7. The molecule has 3 nitrogen and oxygen atoms in total. The fourth-order valence-corrected chi connectivity index (χ4v) is 0.926. The number of nitrogens with zero attached hydrogens (tertiary/aromatic N) is 2. The number of ketones is 1. The van der Waals surface area contributed by atoms with Crippen molar-refractivity contribution in [2.24, 2.45) is 0 Å². The third kappa shape index (κ3) is 2.18. The van der Waals surface area contributed by atoms with Crippen LogP contribution < -0.4 is 0 Å². The summed E-state index contributed by atoms with van der Waals surface area (Å²) in [4.78, 5) is 14.7. The molecule has 0 N–H and O–H groups in total. The summed E-state index contributed by atoms with van der Waals surface area (Å²) in [5, 5.41) is 0. The van der Waals surface area contributed by atoms with Crippen LogP contribution in [0.2, 0.25) is 0 Å². The van der Waals surface area contributed by atoms with Gasteiger partial charge in [-0.25, -0.2) is 4.98 Å². The standard InChI is InChI=1S/C8H12N2O/c1-3-10-5-8(9-6-10)4-7(2)11/h5-6H,3-4H2,1-2H3. The second-order valence-electron chi connectivity index (χ2n) is 2.57. The number of aromatic nitrogens is 2. The van der Waals surface area contributed by atoms with Crippen LogP contribution in [-0.4, -0.2) is 15.3 Å². The lowest BCUT2D eigenvalue weighted by Crippen LogP contribution is -1.96. The first kappa shape index (κ1) is 7.98. The SMILES string of the molecule is CCn1cnc(CC(C)=O)c1. The van der Waals surface area contributed by atoms with E-state index in [1.165, 1.54) is 0 Å². The number of imidazole rings is 1. The molecule has 0 fully saturated rings. The largest absolute Gasteiger partial charge is 0.337 e. The van der Waals surface area contributed by atoms with Crippen molar-refractivity contribution in [3.05, 3.63) is 18.2 Å². The fraction of sp³-hybridized carbons (Fsp3) is 0.500. The smallest absolute Gasteiger partial charge is 0.135 e. The third-order valence-electron chi connectivity index (χ3n) is 1.48. The summed E-state index contributed by atoms with van der Waals surface area (Å²) in [6.45, 7) is 4.52. The summed E-state index contributed by atoms with van der Waals surface area (Å²) in [7, 11) is 0. The van der Waals surface area contributed by atoms with E-state index in [9.17, 15) is 4.79 Å². The van der Waals surface area contributed by atoms with Gasteiger partial charge in [-0.1, -0.05) is 0 Å². The van der Waals surface area contributed by atoms with Gasteiger partial charge in [0.25, 0.3) is 0 Å². The first-order chi connectivity index (χ1) is 5.22. The van der Waals surface area contributed by atoms with Crippen LogP contribution in [0.4, 0.5) is 0 Å². The minimum absolute atomic E-state index is 0.159. The van der Waals surface area contributed by atoms with Crippen molar-refractivity contribution in [3.8, 4) is 0 Å². The van der Waals surface area contributed by atoms with E-state index in [0.29, 0.717) is 6.42 Å². The van der Waals surface area contributed by atoms with Crippen LogP contribution in [0.3, 0.4) is 0 Å². The zero-order chi connectivity index (χ0) is 8.27. The maximum Gasteiger partial charge on any atom is 0.135 e. The topological polar surface area (TPSA) is 34.9 Å².